The average Bonchev–Trinajstić information content (AvgIpc) is 3.65. The molecular weight excluding hydrogens is 685 g/mol. The molecule has 42 heavy (non-hydrogen) atoms. The third kappa shape index (κ3) is 7.62. The molecule has 9 nitrogen and oxygen atoms in total. The standard InChI is InChI=1S/C30H34IN5O4S2/c1-39-23-12-5-3-8-19(23)17-25(37)32-28(34-31)42-30(14-15-30)22-11-7-10-21(16-22)27-35-36-29(41-27)33-26(38)18-20-9-4-6-13-24(20)40-2/h3-6,8-9,12-13,21-22H,7,10-11,14-18H2,1-2H3,(H,32,34,37)(H,33,36,38)/t21-,22-/m1/s1. The third-order valence-electron chi connectivity index (χ3n) is 7.91. The van der Waals surface area contributed by atoms with E-state index >= 15 is 0 Å². The maximum atomic E-state index is 12.9. The van der Waals surface area contributed by atoms with Crippen molar-refractivity contribution in [1.29, 1.82) is 0 Å². The number of ether oxygens (including phenoxy) is 2. The van der Waals surface area contributed by atoms with E-state index in [4.69, 9.17) is 9.47 Å². The van der Waals surface area contributed by atoms with Crippen molar-refractivity contribution in [3.63, 3.8) is 0 Å². The van der Waals surface area contributed by atoms with Crippen molar-refractivity contribution in [3.8, 4) is 11.5 Å². The van der Waals surface area contributed by atoms with Gasteiger partial charge in [0.1, 0.15) is 16.5 Å². The van der Waals surface area contributed by atoms with Crippen LogP contribution in [0.25, 0.3) is 0 Å². The second kappa shape index (κ2) is 14.2. The molecule has 1 aromatic heterocycles. The maximum Gasteiger partial charge on any atom is 0.230 e. The van der Waals surface area contributed by atoms with E-state index in [1.165, 1.54) is 11.3 Å². The fourth-order valence-corrected chi connectivity index (χ4v) is 8.28. The number of amidine groups is 1. The Bertz CT molecular complexity index is 1440. The molecule has 5 rings (SSSR count). The van der Waals surface area contributed by atoms with E-state index in [1.54, 1.807) is 26.0 Å². The van der Waals surface area contributed by atoms with E-state index in [0.717, 1.165) is 54.7 Å². The number of nitrogens with one attached hydrogen (secondary N) is 2. The van der Waals surface area contributed by atoms with Crippen LogP contribution in [0.4, 0.5) is 5.13 Å². The second-order valence-electron chi connectivity index (χ2n) is 10.6. The summed E-state index contributed by atoms with van der Waals surface area (Å²) in [6, 6.07) is 15.1. The molecule has 2 aliphatic carbocycles. The first kappa shape index (κ1) is 30.7. The largest absolute Gasteiger partial charge is 0.496 e. The lowest BCUT2D eigenvalue weighted by atomic mass is 9.79. The Hall–Kier alpha value is -2.71. The molecule has 2 fully saturated rings. The average molecular weight is 720 g/mol. The molecule has 3 aromatic rings. The summed E-state index contributed by atoms with van der Waals surface area (Å²) in [6.45, 7) is 0. The van der Waals surface area contributed by atoms with Crippen LogP contribution < -0.4 is 20.1 Å². The summed E-state index contributed by atoms with van der Waals surface area (Å²) in [5.41, 5.74) is 1.67. The number of halogens is 1. The van der Waals surface area contributed by atoms with Crippen LogP contribution in [0.5, 0.6) is 11.5 Å². The Kier molecular flexibility index (Phi) is 10.4. The molecule has 12 heteroatoms. The van der Waals surface area contributed by atoms with E-state index in [0.29, 0.717) is 33.6 Å². The molecule has 222 valence electrons. The van der Waals surface area contributed by atoms with Crippen molar-refractivity contribution >= 4 is 68.1 Å². The molecule has 2 amide bonds. The van der Waals surface area contributed by atoms with Crippen LogP contribution in [0.1, 0.15) is 60.6 Å². The lowest BCUT2D eigenvalue weighted by molar-refractivity contribution is -0.119. The molecule has 0 bridgehead atoms. The number of aromatic nitrogens is 2. The minimum Gasteiger partial charge on any atom is -0.496 e. The highest BCUT2D eigenvalue weighted by molar-refractivity contribution is 14.1. The van der Waals surface area contributed by atoms with Gasteiger partial charge in [-0.05, 0) is 50.2 Å². The Labute approximate surface area is 268 Å². The molecule has 2 atom stereocenters. The maximum absolute atomic E-state index is 12.9. The molecule has 0 unspecified atom stereocenters. The van der Waals surface area contributed by atoms with Gasteiger partial charge in [-0.3, -0.25) is 9.59 Å². The zero-order chi connectivity index (χ0) is 29.5. The van der Waals surface area contributed by atoms with E-state index in [1.807, 2.05) is 71.4 Å². The van der Waals surface area contributed by atoms with E-state index < -0.39 is 0 Å². The number of nitrogens with zero attached hydrogens (tertiary/aromatic N) is 3. The van der Waals surface area contributed by atoms with Crippen LogP contribution in [0.3, 0.4) is 0 Å². The highest BCUT2D eigenvalue weighted by atomic mass is 127. The number of benzene rings is 2. The summed E-state index contributed by atoms with van der Waals surface area (Å²) in [6.07, 6.45) is 6.98. The Morgan fingerprint density at radius 1 is 1.00 bits per heavy atom. The molecule has 0 saturated heterocycles. The number of hydrogen-bond acceptors (Lipinski definition) is 9. The number of rotatable bonds is 10. The van der Waals surface area contributed by atoms with Crippen LogP contribution in [-0.4, -0.2) is 46.1 Å². The van der Waals surface area contributed by atoms with Gasteiger partial charge < -0.3 is 20.1 Å². The Balaban J connectivity index is 1.16. The summed E-state index contributed by atoms with van der Waals surface area (Å²) >= 11 is 5.15. The Morgan fingerprint density at radius 3 is 2.26 bits per heavy atom. The SMILES string of the molecule is COc1ccccc1CC(=O)N/C(=N/I)SC1([C@@H]2CCC[C@@H](c3nnc(NC(=O)Cc4ccccc4OC)s3)C2)CC1. The summed E-state index contributed by atoms with van der Waals surface area (Å²) in [7, 11) is 3.21. The van der Waals surface area contributed by atoms with Gasteiger partial charge in [0.15, 0.2) is 5.17 Å². The lowest BCUT2D eigenvalue weighted by Crippen LogP contribution is -2.34. The molecular formula is C30H34IN5O4S2. The molecule has 1 heterocycles. The zero-order valence-corrected chi connectivity index (χ0v) is 27.4. The quantitative estimate of drug-likeness (QED) is 0.143. The highest BCUT2D eigenvalue weighted by Gasteiger charge is 2.52. The van der Waals surface area contributed by atoms with Crippen molar-refractivity contribution < 1.29 is 19.1 Å². The lowest BCUT2D eigenvalue weighted by Gasteiger charge is -2.33. The van der Waals surface area contributed by atoms with Gasteiger partial charge in [0, 0.05) is 21.8 Å². The molecule has 2 aromatic carbocycles. The number of thioether (sulfide) groups is 1. The van der Waals surface area contributed by atoms with Crippen LogP contribution >= 0.6 is 46.0 Å². The number of amides is 2. The van der Waals surface area contributed by atoms with Gasteiger partial charge in [0.05, 0.1) is 49.9 Å². The van der Waals surface area contributed by atoms with Gasteiger partial charge >= 0.3 is 0 Å². The molecule has 0 radical (unpaired) electrons. The minimum atomic E-state index is -0.143. The molecule has 2 aliphatic rings. The van der Waals surface area contributed by atoms with Crippen molar-refractivity contribution in [1.82, 2.24) is 15.5 Å². The fourth-order valence-electron chi connectivity index (χ4n) is 5.69. The number of hydrogen-bond donors (Lipinski definition) is 2. The van der Waals surface area contributed by atoms with Crippen LogP contribution in [0, 0.1) is 5.92 Å². The third-order valence-corrected chi connectivity index (χ3v) is 11.3. The Morgan fingerprint density at radius 2 is 1.64 bits per heavy atom. The first-order chi connectivity index (χ1) is 20.4. The van der Waals surface area contributed by atoms with Gasteiger partial charge in [0.25, 0.3) is 0 Å². The molecule has 0 aliphatic heterocycles. The van der Waals surface area contributed by atoms with Crippen molar-refractivity contribution in [3.05, 3.63) is 64.7 Å². The minimum absolute atomic E-state index is 0.0802. The zero-order valence-electron chi connectivity index (χ0n) is 23.6. The van der Waals surface area contributed by atoms with Gasteiger partial charge in [-0.1, -0.05) is 65.9 Å². The smallest absolute Gasteiger partial charge is 0.230 e. The van der Waals surface area contributed by atoms with E-state index in [9.17, 15) is 9.59 Å². The first-order valence-corrected chi connectivity index (χ1v) is 16.6. The topological polar surface area (TPSA) is 115 Å². The van der Waals surface area contributed by atoms with Gasteiger partial charge in [-0.25, -0.2) is 0 Å². The van der Waals surface area contributed by atoms with Crippen molar-refractivity contribution in [2.24, 2.45) is 9.12 Å². The van der Waals surface area contributed by atoms with Gasteiger partial charge in [-0.2, -0.15) is 3.21 Å². The van der Waals surface area contributed by atoms with E-state index in [2.05, 4.69) is 24.0 Å². The monoisotopic (exact) mass is 719 g/mol. The van der Waals surface area contributed by atoms with Crippen molar-refractivity contribution in [2.45, 2.75) is 62.0 Å². The number of carbonyl (C=O) groups is 2. The van der Waals surface area contributed by atoms with Gasteiger partial charge in [0.2, 0.25) is 16.9 Å². The van der Waals surface area contributed by atoms with Crippen LogP contribution in [-0.2, 0) is 22.4 Å². The molecule has 2 saturated carbocycles. The fraction of sp³-hybridized carbons (Fsp3) is 0.433. The first-order valence-electron chi connectivity index (χ1n) is 14.0. The highest BCUT2D eigenvalue weighted by Crippen LogP contribution is 2.59. The van der Waals surface area contributed by atoms with Crippen LogP contribution in [0.15, 0.2) is 51.7 Å². The van der Waals surface area contributed by atoms with Gasteiger partial charge in [-0.15, -0.1) is 10.2 Å². The predicted molar refractivity (Wildman–Crippen MR) is 176 cm³/mol. The predicted octanol–water partition coefficient (Wildman–Crippen LogP) is 6.34. The summed E-state index contributed by atoms with van der Waals surface area (Å²) < 4.78 is 15.2. The summed E-state index contributed by atoms with van der Waals surface area (Å²) in [5, 5.41) is 16.9. The summed E-state index contributed by atoms with van der Waals surface area (Å²) in [5.74, 6) is 1.95. The number of methoxy groups -OCH3 is 2. The number of carbonyl (C=O) groups excluding carboxylic acids is 2. The summed E-state index contributed by atoms with van der Waals surface area (Å²) in [4.78, 5) is 25.6. The molecule has 2 N–H and O–H groups in total. The van der Waals surface area contributed by atoms with E-state index in [-0.39, 0.29) is 29.4 Å². The normalized spacial score (nSPS) is 19.5. The van der Waals surface area contributed by atoms with Crippen LogP contribution in [0.2, 0.25) is 0 Å². The molecule has 0 spiro atoms. The number of para-hydroxylation sites is 2. The second-order valence-corrected chi connectivity index (χ2v) is 13.5. The number of anilines is 1. The van der Waals surface area contributed by atoms with Crippen molar-refractivity contribution in [2.75, 3.05) is 19.5 Å².